The van der Waals surface area contributed by atoms with Crippen molar-refractivity contribution in [2.45, 2.75) is 13.0 Å². The number of carbonyl (C=O) groups excluding carboxylic acids is 2. The van der Waals surface area contributed by atoms with Crippen molar-refractivity contribution in [3.8, 4) is 0 Å². The van der Waals surface area contributed by atoms with Gasteiger partial charge in [-0.2, -0.15) is 0 Å². The highest BCUT2D eigenvalue weighted by Crippen LogP contribution is 2.10. The summed E-state index contributed by atoms with van der Waals surface area (Å²) in [6.07, 6.45) is 4.35. The zero-order chi connectivity index (χ0) is 13.7. The van der Waals surface area contributed by atoms with E-state index >= 15 is 0 Å². The third kappa shape index (κ3) is 3.05. The fourth-order valence-electron chi connectivity index (χ4n) is 1.95. The SMILES string of the molecule is CCOC(=O)C1CNCCN1C(=O)c1cnccn1. The van der Waals surface area contributed by atoms with E-state index in [0.29, 0.717) is 26.2 Å². The minimum absolute atomic E-state index is 0.235. The van der Waals surface area contributed by atoms with E-state index in [2.05, 4.69) is 15.3 Å². The quantitative estimate of drug-likeness (QED) is 0.738. The van der Waals surface area contributed by atoms with Crippen LogP contribution in [0, 0.1) is 0 Å². The van der Waals surface area contributed by atoms with Gasteiger partial charge >= 0.3 is 5.97 Å². The highest BCUT2D eigenvalue weighted by Gasteiger charge is 2.34. The average molecular weight is 264 g/mol. The van der Waals surface area contributed by atoms with E-state index in [0.717, 1.165) is 0 Å². The molecule has 2 heterocycles. The van der Waals surface area contributed by atoms with E-state index in [4.69, 9.17) is 4.74 Å². The molecule has 1 N–H and O–H groups in total. The van der Waals surface area contributed by atoms with Gasteiger partial charge in [-0.05, 0) is 6.92 Å². The van der Waals surface area contributed by atoms with Crippen LogP contribution in [0.5, 0.6) is 0 Å². The second-order valence-electron chi connectivity index (χ2n) is 4.06. The van der Waals surface area contributed by atoms with Crippen molar-refractivity contribution >= 4 is 11.9 Å². The maximum absolute atomic E-state index is 12.3. The molecule has 7 heteroatoms. The zero-order valence-corrected chi connectivity index (χ0v) is 10.7. The number of aromatic nitrogens is 2. The second kappa shape index (κ2) is 6.24. The minimum Gasteiger partial charge on any atom is -0.464 e. The van der Waals surface area contributed by atoms with Crippen LogP contribution in [0.25, 0.3) is 0 Å². The predicted molar refractivity (Wildman–Crippen MR) is 66.4 cm³/mol. The van der Waals surface area contributed by atoms with Crippen molar-refractivity contribution < 1.29 is 14.3 Å². The number of nitrogens with one attached hydrogen (secondary N) is 1. The number of nitrogens with zero attached hydrogens (tertiary/aromatic N) is 3. The van der Waals surface area contributed by atoms with Crippen molar-refractivity contribution in [3.05, 3.63) is 24.3 Å². The van der Waals surface area contributed by atoms with E-state index in [1.807, 2.05) is 0 Å². The summed E-state index contributed by atoms with van der Waals surface area (Å²) in [5, 5.41) is 3.08. The van der Waals surface area contributed by atoms with Gasteiger partial charge in [-0.1, -0.05) is 0 Å². The Bertz CT molecular complexity index is 452. The fourth-order valence-corrected chi connectivity index (χ4v) is 1.95. The summed E-state index contributed by atoms with van der Waals surface area (Å²) in [6.45, 7) is 3.51. The lowest BCUT2D eigenvalue weighted by Gasteiger charge is -2.34. The lowest BCUT2D eigenvalue weighted by Crippen LogP contribution is -2.57. The van der Waals surface area contributed by atoms with Gasteiger partial charge in [-0.3, -0.25) is 9.78 Å². The Hall–Kier alpha value is -2.02. The van der Waals surface area contributed by atoms with Crippen molar-refractivity contribution in [1.82, 2.24) is 20.2 Å². The predicted octanol–water partition coefficient (Wildman–Crippen LogP) is -0.546. The van der Waals surface area contributed by atoms with E-state index in [1.54, 1.807) is 6.92 Å². The Kier molecular flexibility index (Phi) is 4.40. The van der Waals surface area contributed by atoms with Crippen LogP contribution in [-0.2, 0) is 9.53 Å². The van der Waals surface area contributed by atoms with Crippen molar-refractivity contribution in [1.29, 1.82) is 0 Å². The molecular weight excluding hydrogens is 248 g/mol. The van der Waals surface area contributed by atoms with Crippen molar-refractivity contribution in [2.75, 3.05) is 26.2 Å². The summed E-state index contributed by atoms with van der Waals surface area (Å²) >= 11 is 0. The van der Waals surface area contributed by atoms with Crippen LogP contribution in [0.3, 0.4) is 0 Å². The number of hydrogen-bond donors (Lipinski definition) is 1. The third-order valence-corrected chi connectivity index (χ3v) is 2.85. The molecule has 0 aromatic carbocycles. The molecule has 2 rings (SSSR count). The molecule has 0 spiro atoms. The number of esters is 1. The Morgan fingerprint density at radius 1 is 1.53 bits per heavy atom. The monoisotopic (exact) mass is 264 g/mol. The van der Waals surface area contributed by atoms with Crippen LogP contribution in [0.1, 0.15) is 17.4 Å². The Morgan fingerprint density at radius 2 is 2.37 bits per heavy atom. The smallest absolute Gasteiger partial charge is 0.330 e. The van der Waals surface area contributed by atoms with Crippen molar-refractivity contribution in [3.63, 3.8) is 0 Å². The number of piperazine rings is 1. The molecule has 0 aliphatic carbocycles. The molecule has 1 atom stereocenters. The third-order valence-electron chi connectivity index (χ3n) is 2.85. The summed E-state index contributed by atoms with van der Waals surface area (Å²) in [7, 11) is 0. The standard InChI is InChI=1S/C12H16N4O3/c1-2-19-12(18)10-8-14-5-6-16(10)11(17)9-7-13-3-4-15-9/h3-4,7,10,14H,2,5-6,8H2,1H3. The lowest BCUT2D eigenvalue weighted by atomic mass is 10.1. The molecular formula is C12H16N4O3. The van der Waals surface area contributed by atoms with Gasteiger partial charge < -0.3 is 15.0 Å². The maximum atomic E-state index is 12.3. The summed E-state index contributed by atoms with van der Waals surface area (Å²) in [5.41, 5.74) is 0.235. The first-order valence-electron chi connectivity index (χ1n) is 6.18. The Morgan fingerprint density at radius 3 is 3.05 bits per heavy atom. The normalized spacial score (nSPS) is 19.0. The molecule has 1 saturated heterocycles. The molecule has 19 heavy (non-hydrogen) atoms. The molecule has 0 radical (unpaired) electrons. The van der Waals surface area contributed by atoms with Crippen LogP contribution < -0.4 is 5.32 Å². The molecule has 102 valence electrons. The first-order chi connectivity index (χ1) is 9.24. The van der Waals surface area contributed by atoms with Gasteiger partial charge in [-0.15, -0.1) is 0 Å². The molecule has 0 bridgehead atoms. The zero-order valence-electron chi connectivity index (χ0n) is 10.7. The maximum Gasteiger partial charge on any atom is 0.330 e. The van der Waals surface area contributed by atoms with Crippen LogP contribution in [0.2, 0.25) is 0 Å². The van der Waals surface area contributed by atoms with Crippen LogP contribution >= 0.6 is 0 Å². The number of amides is 1. The molecule has 1 amide bonds. The number of hydrogen-bond acceptors (Lipinski definition) is 6. The lowest BCUT2D eigenvalue weighted by molar-refractivity contribution is -0.149. The second-order valence-corrected chi connectivity index (χ2v) is 4.06. The van der Waals surface area contributed by atoms with Gasteiger partial charge in [0.2, 0.25) is 0 Å². The van der Waals surface area contributed by atoms with E-state index in [9.17, 15) is 9.59 Å². The van der Waals surface area contributed by atoms with Gasteiger partial charge in [0, 0.05) is 32.0 Å². The summed E-state index contributed by atoms with van der Waals surface area (Å²) in [6, 6.07) is -0.608. The van der Waals surface area contributed by atoms with E-state index in [1.165, 1.54) is 23.5 Å². The molecule has 1 fully saturated rings. The fraction of sp³-hybridized carbons (Fsp3) is 0.500. The molecule has 1 aromatic rings. The summed E-state index contributed by atoms with van der Waals surface area (Å²) in [5.74, 6) is -0.695. The summed E-state index contributed by atoms with van der Waals surface area (Å²) in [4.78, 5) is 33.5. The first-order valence-corrected chi connectivity index (χ1v) is 6.18. The highest BCUT2D eigenvalue weighted by atomic mass is 16.5. The summed E-state index contributed by atoms with van der Waals surface area (Å²) < 4.78 is 4.99. The van der Waals surface area contributed by atoms with Crippen molar-refractivity contribution in [2.24, 2.45) is 0 Å². The van der Waals surface area contributed by atoms with Gasteiger partial charge in [0.25, 0.3) is 5.91 Å². The van der Waals surface area contributed by atoms with E-state index < -0.39 is 12.0 Å². The van der Waals surface area contributed by atoms with Gasteiger partial charge in [-0.25, -0.2) is 9.78 Å². The Balaban J connectivity index is 2.15. The molecule has 7 nitrogen and oxygen atoms in total. The van der Waals surface area contributed by atoms with Gasteiger partial charge in [0.1, 0.15) is 11.7 Å². The Labute approximate surface area is 111 Å². The first kappa shape index (κ1) is 13.4. The van der Waals surface area contributed by atoms with Crippen LogP contribution in [0.4, 0.5) is 0 Å². The highest BCUT2D eigenvalue weighted by molar-refractivity contribution is 5.95. The minimum atomic E-state index is -0.608. The average Bonchev–Trinajstić information content (AvgIpc) is 2.47. The van der Waals surface area contributed by atoms with E-state index in [-0.39, 0.29) is 11.6 Å². The van der Waals surface area contributed by atoms with Crippen LogP contribution in [-0.4, -0.2) is 59.0 Å². The van der Waals surface area contributed by atoms with Gasteiger partial charge in [0.05, 0.1) is 12.8 Å². The number of carbonyl (C=O) groups is 2. The molecule has 1 unspecified atom stereocenters. The molecule has 1 aromatic heterocycles. The number of rotatable bonds is 3. The molecule has 1 aliphatic heterocycles. The van der Waals surface area contributed by atoms with Gasteiger partial charge in [0.15, 0.2) is 0 Å². The largest absolute Gasteiger partial charge is 0.464 e. The van der Waals surface area contributed by atoms with Crippen LogP contribution in [0.15, 0.2) is 18.6 Å². The molecule has 1 aliphatic rings. The molecule has 0 saturated carbocycles. The topological polar surface area (TPSA) is 84.4 Å². The number of ether oxygens (including phenoxy) is 1.